The molecule has 1 aromatic heterocycles. The highest BCUT2D eigenvalue weighted by Gasteiger charge is 2.04. The normalized spacial score (nSPS) is 11.5. The monoisotopic (exact) mass is 313 g/mol. The van der Waals surface area contributed by atoms with Crippen LogP contribution < -0.4 is 5.32 Å². The van der Waals surface area contributed by atoms with Crippen LogP contribution in [0.1, 0.15) is 5.56 Å². The van der Waals surface area contributed by atoms with Gasteiger partial charge in [0.05, 0.1) is 10.4 Å². The molecule has 0 radical (unpaired) electrons. The average molecular weight is 313 g/mol. The van der Waals surface area contributed by atoms with Crippen LogP contribution in [0, 0.1) is 6.92 Å². The molecule has 2 aromatic carbocycles. The molecular weight excluding hydrogens is 300 g/mol. The van der Waals surface area contributed by atoms with Gasteiger partial charge < -0.3 is 9.87 Å². The molecule has 5 nitrogen and oxygen atoms in total. The van der Waals surface area contributed by atoms with Crippen molar-refractivity contribution in [2.75, 3.05) is 5.32 Å². The fraction of sp³-hybridized carbons (Fsp3) is 0.0625. The lowest BCUT2D eigenvalue weighted by atomic mass is 10.1. The molecule has 0 atom stereocenters. The Hall–Kier alpha value is -2.44. The quantitative estimate of drug-likeness (QED) is 0.751. The number of fused-ring (bicyclic) bond motifs is 1. The maximum absolute atomic E-state index is 10.9. The summed E-state index contributed by atoms with van der Waals surface area (Å²) in [5.74, 6) is 0.661. The van der Waals surface area contributed by atoms with E-state index in [9.17, 15) is 13.0 Å². The van der Waals surface area contributed by atoms with Gasteiger partial charge in [0.2, 0.25) is 0 Å². The number of anilines is 2. The van der Waals surface area contributed by atoms with Gasteiger partial charge in [-0.05, 0) is 48.9 Å². The molecular formula is C16H13N2O3S-. The van der Waals surface area contributed by atoms with Crippen molar-refractivity contribution in [3.05, 3.63) is 60.2 Å². The van der Waals surface area contributed by atoms with Gasteiger partial charge in [-0.2, -0.15) is 0 Å². The van der Waals surface area contributed by atoms with Gasteiger partial charge in [0.25, 0.3) is 0 Å². The lowest BCUT2D eigenvalue weighted by Gasteiger charge is -2.11. The fourth-order valence-electron chi connectivity index (χ4n) is 2.27. The second kappa shape index (κ2) is 5.40. The molecule has 6 heteroatoms. The van der Waals surface area contributed by atoms with Crippen LogP contribution in [0.2, 0.25) is 0 Å². The molecule has 0 amide bonds. The molecule has 0 saturated heterocycles. The van der Waals surface area contributed by atoms with Crippen molar-refractivity contribution in [3.63, 3.8) is 0 Å². The topological polar surface area (TPSA) is 82.1 Å². The second-order valence-corrected chi connectivity index (χ2v) is 6.32. The van der Waals surface area contributed by atoms with E-state index in [0.717, 1.165) is 16.5 Å². The number of nitrogens with zero attached hydrogens (tertiary/aromatic N) is 1. The number of aromatic nitrogens is 1. The summed E-state index contributed by atoms with van der Waals surface area (Å²) in [5, 5.41) is 4.19. The molecule has 0 saturated carbocycles. The number of hydrogen-bond acceptors (Lipinski definition) is 5. The third kappa shape index (κ3) is 2.93. The van der Waals surface area contributed by atoms with Crippen LogP contribution in [0.25, 0.3) is 10.9 Å². The Kier molecular flexibility index (Phi) is 3.56. The zero-order valence-corrected chi connectivity index (χ0v) is 12.6. The molecule has 1 N–H and O–H groups in total. The predicted molar refractivity (Wildman–Crippen MR) is 84.2 cm³/mol. The van der Waals surface area contributed by atoms with E-state index in [1.165, 1.54) is 24.3 Å². The zero-order valence-electron chi connectivity index (χ0n) is 11.8. The highest BCUT2D eigenvalue weighted by Crippen LogP contribution is 2.23. The molecule has 3 aromatic rings. The van der Waals surface area contributed by atoms with E-state index in [2.05, 4.69) is 10.3 Å². The van der Waals surface area contributed by atoms with Gasteiger partial charge >= 0.3 is 0 Å². The molecule has 0 aliphatic heterocycles. The summed E-state index contributed by atoms with van der Waals surface area (Å²) in [6.07, 6.45) is 0. The molecule has 0 fully saturated rings. The SMILES string of the molecule is Cc1cc(Nc2ccc(S(=O)(=O)[O-])cc2)nc2ccccc12. The number of benzene rings is 2. The predicted octanol–water partition coefficient (Wildman–Crippen LogP) is 3.19. The lowest BCUT2D eigenvalue weighted by molar-refractivity contribution is 0.463. The highest BCUT2D eigenvalue weighted by atomic mass is 32.2. The highest BCUT2D eigenvalue weighted by molar-refractivity contribution is 7.85. The summed E-state index contributed by atoms with van der Waals surface area (Å²) < 4.78 is 32.7. The summed E-state index contributed by atoms with van der Waals surface area (Å²) in [6, 6.07) is 15.4. The first-order valence-electron chi connectivity index (χ1n) is 6.63. The molecule has 0 spiro atoms. The standard InChI is InChI=1S/C16H14N2O3S/c1-11-10-16(18-15-5-3-2-4-14(11)15)17-12-6-8-13(9-7-12)22(19,20)21/h2-10H,1H3,(H,17,18)(H,19,20,21)/p-1. The van der Waals surface area contributed by atoms with Crippen molar-refractivity contribution in [1.82, 2.24) is 4.98 Å². The molecule has 0 aliphatic carbocycles. The molecule has 1 heterocycles. The van der Waals surface area contributed by atoms with Crippen molar-refractivity contribution >= 4 is 32.5 Å². The molecule has 0 bridgehead atoms. The molecule has 0 unspecified atom stereocenters. The Balaban J connectivity index is 1.93. The molecule has 0 aliphatic rings. The van der Waals surface area contributed by atoms with Crippen LogP contribution in [0.3, 0.4) is 0 Å². The molecule has 112 valence electrons. The van der Waals surface area contributed by atoms with Gasteiger partial charge in [0.1, 0.15) is 15.9 Å². The minimum atomic E-state index is -4.42. The van der Waals surface area contributed by atoms with Gasteiger partial charge in [0, 0.05) is 11.1 Å². The third-order valence-electron chi connectivity index (χ3n) is 3.34. The van der Waals surface area contributed by atoms with Crippen molar-refractivity contribution in [1.29, 1.82) is 0 Å². The minimum Gasteiger partial charge on any atom is -0.744 e. The lowest BCUT2D eigenvalue weighted by Crippen LogP contribution is -1.99. The zero-order chi connectivity index (χ0) is 15.7. The van der Waals surface area contributed by atoms with E-state index < -0.39 is 10.1 Å². The van der Waals surface area contributed by atoms with Crippen molar-refractivity contribution in [2.24, 2.45) is 0 Å². The van der Waals surface area contributed by atoms with Gasteiger partial charge in [0.15, 0.2) is 0 Å². The van der Waals surface area contributed by atoms with Crippen LogP contribution in [0.4, 0.5) is 11.5 Å². The van der Waals surface area contributed by atoms with Crippen LogP contribution in [-0.4, -0.2) is 18.0 Å². The number of rotatable bonds is 3. The van der Waals surface area contributed by atoms with Gasteiger partial charge in [-0.1, -0.05) is 18.2 Å². The van der Waals surface area contributed by atoms with E-state index in [0.29, 0.717) is 11.5 Å². The minimum absolute atomic E-state index is 0.249. The van der Waals surface area contributed by atoms with Crippen molar-refractivity contribution in [3.8, 4) is 0 Å². The summed E-state index contributed by atoms with van der Waals surface area (Å²) in [7, 11) is -4.42. The van der Waals surface area contributed by atoms with Crippen molar-refractivity contribution in [2.45, 2.75) is 11.8 Å². The fourth-order valence-corrected chi connectivity index (χ4v) is 2.74. The first-order chi connectivity index (χ1) is 10.4. The number of nitrogens with one attached hydrogen (secondary N) is 1. The van der Waals surface area contributed by atoms with E-state index in [1.54, 1.807) is 0 Å². The van der Waals surface area contributed by atoms with Crippen LogP contribution in [-0.2, 0) is 10.1 Å². The Morgan fingerprint density at radius 1 is 1.05 bits per heavy atom. The maximum atomic E-state index is 10.9. The number of pyridine rings is 1. The summed E-state index contributed by atoms with van der Waals surface area (Å²) >= 11 is 0. The summed E-state index contributed by atoms with van der Waals surface area (Å²) in [5.41, 5.74) is 2.63. The Morgan fingerprint density at radius 2 is 1.73 bits per heavy atom. The van der Waals surface area contributed by atoms with Crippen LogP contribution >= 0.6 is 0 Å². The largest absolute Gasteiger partial charge is 0.744 e. The van der Waals surface area contributed by atoms with E-state index in [4.69, 9.17) is 0 Å². The van der Waals surface area contributed by atoms with Crippen LogP contribution in [0.15, 0.2) is 59.5 Å². The maximum Gasteiger partial charge on any atom is 0.131 e. The molecule has 22 heavy (non-hydrogen) atoms. The summed E-state index contributed by atoms with van der Waals surface area (Å²) in [4.78, 5) is 4.26. The van der Waals surface area contributed by atoms with E-state index >= 15 is 0 Å². The van der Waals surface area contributed by atoms with Gasteiger partial charge in [-0.25, -0.2) is 13.4 Å². The van der Waals surface area contributed by atoms with E-state index in [-0.39, 0.29) is 4.90 Å². The Bertz CT molecular complexity index is 935. The molecule has 3 rings (SSSR count). The summed E-state index contributed by atoms with van der Waals surface area (Å²) in [6.45, 7) is 2.00. The number of hydrogen-bond donors (Lipinski definition) is 1. The number of para-hydroxylation sites is 1. The third-order valence-corrected chi connectivity index (χ3v) is 4.19. The van der Waals surface area contributed by atoms with Gasteiger partial charge in [-0.15, -0.1) is 0 Å². The Morgan fingerprint density at radius 3 is 2.41 bits per heavy atom. The van der Waals surface area contributed by atoms with Crippen LogP contribution in [0.5, 0.6) is 0 Å². The Labute approximate surface area is 128 Å². The van der Waals surface area contributed by atoms with Crippen molar-refractivity contribution < 1.29 is 13.0 Å². The smallest absolute Gasteiger partial charge is 0.131 e. The second-order valence-electron chi connectivity index (χ2n) is 4.95. The first-order valence-corrected chi connectivity index (χ1v) is 8.04. The average Bonchev–Trinajstić information content (AvgIpc) is 2.47. The number of aryl methyl sites for hydroxylation is 1. The van der Waals surface area contributed by atoms with E-state index in [1.807, 2.05) is 37.3 Å². The first kappa shape index (κ1) is 14.5. The van der Waals surface area contributed by atoms with Gasteiger partial charge in [-0.3, -0.25) is 0 Å².